The zero-order valence-electron chi connectivity index (χ0n) is 11.3. The van der Waals surface area contributed by atoms with Gasteiger partial charge in [0.25, 0.3) is 11.4 Å². The minimum atomic E-state index is -0.674. The number of ether oxygens (including phenoxy) is 1. The molecule has 0 fully saturated rings. The van der Waals surface area contributed by atoms with Gasteiger partial charge in [0.2, 0.25) is 0 Å². The number of non-ortho nitro benzene ring substituents is 2. The topological polar surface area (TPSA) is 113 Å². The monoisotopic (exact) mass is 284 g/mol. The van der Waals surface area contributed by atoms with Gasteiger partial charge < -0.3 is 4.74 Å². The van der Waals surface area contributed by atoms with Crippen molar-refractivity contribution >= 4 is 17.3 Å². The highest BCUT2D eigenvalue weighted by molar-refractivity contribution is 5.69. The molecule has 0 spiro atoms. The van der Waals surface area contributed by atoms with E-state index in [-0.39, 0.29) is 17.3 Å². The van der Waals surface area contributed by atoms with Crippen LogP contribution >= 0.6 is 0 Å². The molecule has 20 heavy (non-hydrogen) atoms. The largest absolute Gasteiger partial charge is 0.466 e. The molecule has 0 N–H and O–H groups in total. The third-order valence-electron chi connectivity index (χ3n) is 2.01. The first kappa shape index (κ1) is 17.5. The Bertz CT molecular complexity index is 438. The Hall–Kier alpha value is -2.51. The van der Waals surface area contributed by atoms with Gasteiger partial charge in [0.15, 0.2) is 0 Å². The van der Waals surface area contributed by atoms with E-state index in [1.54, 1.807) is 0 Å². The molecule has 0 bridgehead atoms. The average Bonchev–Trinajstić information content (AvgIpc) is 2.40. The van der Waals surface area contributed by atoms with Crippen molar-refractivity contribution in [2.45, 2.75) is 26.7 Å². The molecule has 8 heteroatoms. The van der Waals surface area contributed by atoms with Crippen LogP contribution in [0.4, 0.5) is 11.4 Å². The summed E-state index contributed by atoms with van der Waals surface area (Å²) in [6.07, 6.45) is 1.42. The summed E-state index contributed by atoms with van der Waals surface area (Å²) in [7, 11) is 0. The van der Waals surface area contributed by atoms with Gasteiger partial charge in [-0.15, -0.1) is 0 Å². The molecule has 0 unspecified atom stereocenters. The first-order valence-electron chi connectivity index (χ1n) is 5.96. The van der Waals surface area contributed by atoms with Crippen molar-refractivity contribution in [1.82, 2.24) is 0 Å². The lowest BCUT2D eigenvalue weighted by molar-refractivity contribution is -0.394. The maximum Gasteiger partial charge on any atom is 0.305 e. The summed E-state index contributed by atoms with van der Waals surface area (Å²) in [4.78, 5) is 29.4. The number of esters is 1. The summed E-state index contributed by atoms with van der Waals surface area (Å²) in [5.41, 5.74) is -0.548. The van der Waals surface area contributed by atoms with Gasteiger partial charge in [-0.3, -0.25) is 25.0 Å². The molecule has 1 aromatic carbocycles. The van der Waals surface area contributed by atoms with Crippen molar-refractivity contribution in [2.24, 2.45) is 0 Å². The van der Waals surface area contributed by atoms with Gasteiger partial charge in [0, 0.05) is 18.6 Å². The summed E-state index contributed by atoms with van der Waals surface area (Å²) in [5, 5.41) is 20.3. The van der Waals surface area contributed by atoms with Crippen molar-refractivity contribution in [1.29, 1.82) is 0 Å². The molecule has 0 amide bonds. The molecule has 0 saturated heterocycles. The molecule has 8 nitrogen and oxygen atoms in total. The Balaban J connectivity index is 0.000000396. The fourth-order valence-electron chi connectivity index (χ4n) is 1.16. The highest BCUT2D eigenvalue weighted by Crippen LogP contribution is 2.18. The molecule has 0 radical (unpaired) electrons. The molecule has 1 aromatic rings. The van der Waals surface area contributed by atoms with Crippen LogP contribution in [0.1, 0.15) is 26.7 Å². The van der Waals surface area contributed by atoms with Crippen molar-refractivity contribution < 1.29 is 19.4 Å². The quantitative estimate of drug-likeness (QED) is 0.466. The van der Waals surface area contributed by atoms with Crippen LogP contribution in [-0.4, -0.2) is 22.4 Å². The molecule has 110 valence electrons. The van der Waals surface area contributed by atoms with E-state index in [2.05, 4.69) is 4.74 Å². The van der Waals surface area contributed by atoms with Crippen molar-refractivity contribution in [3.63, 3.8) is 0 Å². The van der Waals surface area contributed by atoms with E-state index in [0.29, 0.717) is 13.0 Å². The Morgan fingerprint density at radius 1 is 1.15 bits per heavy atom. The third kappa shape index (κ3) is 7.04. The average molecular weight is 284 g/mol. The zero-order valence-corrected chi connectivity index (χ0v) is 11.3. The molecule has 0 aliphatic heterocycles. The van der Waals surface area contributed by atoms with E-state index in [1.807, 2.05) is 13.8 Å². The normalized spacial score (nSPS) is 9.10. The highest BCUT2D eigenvalue weighted by Gasteiger charge is 2.11. The SMILES string of the molecule is CCCC(=O)OCC.O=[N+]([O-])c1cccc([N+](=O)[O-])c1. The van der Waals surface area contributed by atoms with Gasteiger partial charge in [0.1, 0.15) is 0 Å². The number of rotatable bonds is 5. The predicted octanol–water partition coefficient (Wildman–Crippen LogP) is 2.85. The summed E-state index contributed by atoms with van der Waals surface area (Å²) < 4.78 is 4.64. The van der Waals surface area contributed by atoms with Crippen LogP contribution in [0.5, 0.6) is 0 Å². The number of hydrogen-bond acceptors (Lipinski definition) is 6. The number of hydrogen-bond donors (Lipinski definition) is 0. The summed E-state index contributed by atoms with van der Waals surface area (Å²) in [6.45, 7) is 4.27. The van der Waals surface area contributed by atoms with Gasteiger partial charge >= 0.3 is 5.97 Å². The van der Waals surface area contributed by atoms with E-state index < -0.39 is 9.85 Å². The predicted molar refractivity (Wildman–Crippen MR) is 71.3 cm³/mol. The lowest BCUT2D eigenvalue weighted by atomic mass is 10.3. The number of nitro groups is 2. The van der Waals surface area contributed by atoms with Crippen molar-refractivity contribution in [3.05, 3.63) is 44.5 Å². The fourth-order valence-corrected chi connectivity index (χ4v) is 1.16. The van der Waals surface area contributed by atoms with Crippen LogP contribution < -0.4 is 0 Å². The number of carbonyl (C=O) groups excluding carboxylic acids is 1. The van der Waals surface area contributed by atoms with Gasteiger partial charge in [-0.05, 0) is 19.4 Å². The van der Waals surface area contributed by atoms with E-state index in [0.717, 1.165) is 12.5 Å². The van der Waals surface area contributed by atoms with E-state index >= 15 is 0 Å². The first-order chi connectivity index (χ1) is 9.42. The van der Waals surface area contributed by atoms with Crippen LogP contribution in [0.2, 0.25) is 0 Å². The summed E-state index contributed by atoms with van der Waals surface area (Å²) >= 11 is 0. The second-order valence-electron chi connectivity index (χ2n) is 3.59. The fraction of sp³-hybridized carbons (Fsp3) is 0.417. The molecular formula is C12H16N2O6. The Morgan fingerprint density at radius 2 is 1.65 bits per heavy atom. The standard InChI is InChI=1S/C6H4N2O4.C6H12O2/c9-7(10)5-2-1-3-6(4-5)8(11)12;1-3-5-6(7)8-4-2/h1-4H;3-5H2,1-2H3. The third-order valence-corrected chi connectivity index (χ3v) is 2.01. The number of carbonyl (C=O) groups is 1. The molecule has 0 saturated carbocycles. The summed E-state index contributed by atoms with van der Waals surface area (Å²) in [5.74, 6) is -0.0880. The molecule has 0 aliphatic carbocycles. The van der Waals surface area contributed by atoms with Gasteiger partial charge in [-0.1, -0.05) is 6.92 Å². The first-order valence-corrected chi connectivity index (χ1v) is 5.96. The van der Waals surface area contributed by atoms with Crippen LogP contribution in [0.15, 0.2) is 24.3 Å². The number of nitrogens with zero attached hydrogens (tertiary/aromatic N) is 2. The molecule has 0 aliphatic rings. The van der Waals surface area contributed by atoms with Crippen LogP contribution in [0, 0.1) is 20.2 Å². The molecule has 1 rings (SSSR count). The Kier molecular flexibility index (Phi) is 8.24. The smallest absolute Gasteiger partial charge is 0.305 e. The molecule has 0 heterocycles. The van der Waals surface area contributed by atoms with Gasteiger partial charge in [-0.2, -0.15) is 0 Å². The van der Waals surface area contributed by atoms with Crippen LogP contribution in [0.25, 0.3) is 0 Å². The van der Waals surface area contributed by atoms with E-state index in [1.165, 1.54) is 18.2 Å². The van der Waals surface area contributed by atoms with Gasteiger partial charge in [0.05, 0.1) is 22.5 Å². The van der Waals surface area contributed by atoms with Crippen molar-refractivity contribution in [2.75, 3.05) is 6.61 Å². The molecular weight excluding hydrogens is 268 g/mol. The van der Waals surface area contributed by atoms with E-state index in [9.17, 15) is 25.0 Å². The van der Waals surface area contributed by atoms with Crippen LogP contribution in [0.3, 0.4) is 0 Å². The van der Waals surface area contributed by atoms with Gasteiger partial charge in [-0.25, -0.2) is 0 Å². The van der Waals surface area contributed by atoms with Crippen LogP contribution in [-0.2, 0) is 9.53 Å². The van der Waals surface area contributed by atoms with E-state index in [4.69, 9.17) is 0 Å². The molecule has 0 atom stereocenters. The number of benzene rings is 1. The highest BCUT2D eigenvalue weighted by atomic mass is 16.6. The minimum absolute atomic E-state index is 0.0880. The number of nitro benzene ring substituents is 2. The maximum absolute atomic E-state index is 10.4. The maximum atomic E-state index is 10.4. The lowest BCUT2D eigenvalue weighted by Gasteiger charge is -1.96. The second-order valence-corrected chi connectivity index (χ2v) is 3.59. The minimum Gasteiger partial charge on any atom is -0.466 e. The summed E-state index contributed by atoms with van der Waals surface area (Å²) in [6, 6.07) is 4.59. The second kappa shape index (κ2) is 9.42. The van der Waals surface area contributed by atoms with Crippen molar-refractivity contribution in [3.8, 4) is 0 Å². The lowest BCUT2D eigenvalue weighted by Crippen LogP contribution is -2.01. The Labute approximate surface area is 115 Å². The molecule has 0 aromatic heterocycles. The zero-order chi connectivity index (χ0) is 15.5. The Morgan fingerprint density at radius 3 is 2.00 bits per heavy atom.